The summed E-state index contributed by atoms with van der Waals surface area (Å²) in [6.45, 7) is 2.48. The summed E-state index contributed by atoms with van der Waals surface area (Å²) >= 11 is 11.9. The molecule has 1 aromatic rings. The molecule has 2 nitrogen and oxygen atoms in total. The lowest BCUT2D eigenvalue weighted by atomic mass is 9.95. The minimum Gasteiger partial charge on any atom is -0.330 e. The summed E-state index contributed by atoms with van der Waals surface area (Å²) < 4.78 is 0. The summed E-state index contributed by atoms with van der Waals surface area (Å²) in [5.41, 5.74) is 5.91. The number of rotatable bonds is 5. The third-order valence-corrected chi connectivity index (χ3v) is 3.32. The average molecular weight is 260 g/mol. The monoisotopic (exact) mass is 259 g/mol. The highest BCUT2D eigenvalue weighted by Gasteiger charge is 2.18. The van der Waals surface area contributed by atoms with Crippen LogP contribution in [-0.2, 0) is 0 Å². The first-order valence-electron chi connectivity index (χ1n) is 5.26. The SMILES string of the molecule is CC(CCCN)C(=O)c1cccc(Cl)c1Cl. The lowest BCUT2D eigenvalue weighted by Crippen LogP contribution is -2.13. The van der Waals surface area contributed by atoms with Crippen molar-refractivity contribution in [2.45, 2.75) is 19.8 Å². The maximum Gasteiger partial charge on any atom is 0.167 e. The number of halogens is 2. The zero-order valence-corrected chi connectivity index (χ0v) is 10.7. The largest absolute Gasteiger partial charge is 0.330 e. The molecule has 0 saturated carbocycles. The van der Waals surface area contributed by atoms with Gasteiger partial charge in [0, 0.05) is 11.5 Å². The number of hydrogen-bond acceptors (Lipinski definition) is 2. The Bertz CT molecular complexity index is 379. The van der Waals surface area contributed by atoms with Gasteiger partial charge in [-0.15, -0.1) is 0 Å². The quantitative estimate of drug-likeness (QED) is 0.822. The molecule has 1 rings (SSSR count). The van der Waals surface area contributed by atoms with Crippen molar-refractivity contribution >= 4 is 29.0 Å². The molecule has 0 radical (unpaired) electrons. The van der Waals surface area contributed by atoms with E-state index in [-0.39, 0.29) is 11.7 Å². The molecule has 0 fully saturated rings. The third-order valence-electron chi connectivity index (χ3n) is 2.51. The first-order valence-corrected chi connectivity index (χ1v) is 6.01. The molecule has 0 aromatic heterocycles. The lowest BCUT2D eigenvalue weighted by Gasteiger charge is -2.11. The Morgan fingerprint density at radius 1 is 1.44 bits per heavy atom. The molecule has 1 unspecified atom stereocenters. The Morgan fingerprint density at radius 3 is 2.75 bits per heavy atom. The summed E-state index contributed by atoms with van der Waals surface area (Å²) in [7, 11) is 0. The number of carbonyl (C=O) groups excluding carboxylic acids is 1. The molecular formula is C12H15Cl2NO. The van der Waals surface area contributed by atoms with Crippen molar-refractivity contribution < 1.29 is 4.79 Å². The van der Waals surface area contributed by atoms with Crippen LogP contribution in [0.3, 0.4) is 0 Å². The van der Waals surface area contributed by atoms with E-state index >= 15 is 0 Å². The molecule has 0 saturated heterocycles. The smallest absolute Gasteiger partial charge is 0.167 e. The topological polar surface area (TPSA) is 43.1 Å². The van der Waals surface area contributed by atoms with E-state index in [1.54, 1.807) is 18.2 Å². The molecule has 1 aromatic carbocycles. The molecule has 0 spiro atoms. The summed E-state index contributed by atoms with van der Waals surface area (Å²) in [5.74, 6) is -0.0412. The average Bonchev–Trinajstić information content (AvgIpc) is 2.28. The normalized spacial score (nSPS) is 12.5. The van der Waals surface area contributed by atoms with Gasteiger partial charge in [-0.3, -0.25) is 4.79 Å². The number of nitrogens with two attached hydrogens (primary N) is 1. The maximum absolute atomic E-state index is 12.0. The number of carbonyl (C=O) groups is 1. The summed E-state index contributed by atoms with van der Waals surface area (Å²) in [4.78, 5) is 12.0. The first-order chi connectivity index (χ1) is 7.57. The van der Waals surface area contributed by atoms with Crippen LogP contribution in [0.2, 0.25) is 10.0 Å². The second kappa shape index (κ2) is 6.24. The standard InChI is InChI=1S/C12H15Cl2NO/c1-8(4-3-7-15)12(16)9-5-2-6-10(13)11(9)14/h2,5-6,8H,3-4,7,15H2,1H3. The van der Waals surface area contributed by atoms with Gasteiger partial charge in [-0.2, -0.15) is 0 Å². The van der Waals surface area contributed by atoms with Gasteiger partial charge in [0.2, 0.25) is 0 Å². The predicted molar refractivity (Wildman–Crippen MR) is 68.2 cm³/mol. The Balaban J connectivity index is 2.84. The molecular weight excluding hydrogens is 245 g/mol. The Hall–Kier alpha value is -0.570. The molecule has 0 bridgehead atoms. The molecule has 4 heteroatoms. The van der Waals surface area contributed by atoms with Crippen molar-refractivity contribution in [2.75, 3.05) is 6.54 Å². The molecule has 1 atom stereocenters. The van der Waals surface area contributed by atoms with E-state index in [1.165, 1.54) is 0 Å². The molecule has 0 amide bonds. The van der Waals surface area contributed by atoms with Crippen LogP contribution in [-0.4, -0.2) is 12.3 Å². The minimum absolute atomic E-state index is 0.0287. The molecule has 2 N–H and O–H groups in total. The van der Waals surface area contributed by atoms with Gasteiger partial charge < -0.3 is 5.73 Å². The van der Waals surface area contributed by atoms with Crippen LogP contribution in [0.15, 0.2) is 18.2 Å². The fraction of sp³-hybridized carbons (Fsp3) is 0.417. The molecule has 0 aliphatic carbocycles. The predicted octanol–water partition coefficient (Wildman–Crippen LogP) is 3.55. The van der Waals surface area contributed by atoms with Gasteiger partial charge in [-0.25, -0.2) is 0 Å². The molecule has 16 heavy (non-hydrogen) atoms. The summed E-state index contributed by atoms with van der Waals surface area (Å²) in [5, 5.41) is 0.757. The van der Waals surface area contributed by atoms with Crippen molar-refractivity contribution in [3.63, 3.8) is 0 Å². The van der Waals surface area contributed by atoms with E-state index in [0.29, 0.717) is 22.2 Å². The van der Waals surface area contributed by atoms with E-state index in [1.807, 2.05) is 6.92 Å². The van der Waals surface area contributed by atoms with Crippen molar-refractivity contribution in [1.82, 2.24) is 0 Å². The summed E-state index contributed by atoms with van der Waals surface area (Å²) in [6, 6.07) is 5.11. The number of hydrogen-bond donors (Lipinski definition) is 1. The van der Waals surface area contributed by atoms with Gasteiger partial charge in [0.05, 0.1) is 10.0 Å². The zero-order chi connectivity index (χ0) is 12.1. The fourth-order valence-electron chi connectivity index (χ4n) is 1.51. The van der Waals surface area contributed by atoms with Gasteiger partial charge in [0.15, 0.2) is 5.78 Å². The highest BCUT2D eigenvalue weighted by Crippen LogP contribution is 2.28. The highest BCUT2D eigenvalue weighted by atomic mass is 35.5. The van der Waals surface area contributed by atoms with Crippen molar-refractivity contribution in [1.29, 1.82) is 0 Å². The molecule has 0 heterocycles. The fourth-order valence-corrected chi connectivity index (χ4v) is 1.91. The Morgan fingerprint density at radius 2 is 2.12 bits per heavy atom. The number of benzene rings is 1. The van der Waals surface area contributed by atoms with Crippen LogP contribution in [0.5, 0.6) is 0 Å². The summed E-state index contributed by atoms with van der Waals surface area (Å²) in [6.07, 6.45) is 1.61. The van der Waals surface area contributed by atoms with Gasteiger partial charge in [-0.05, 0) is 31.5 Å². The van der Waals surface area contributed by atoms with E-state index < -0.39 is 0 Å². The van der Waals surface area contributed by atoms with Gasteiger partial charge in [0.25, 0.3) is 0 Å². The van der Waals surface area contributed by atoms with Gasteiger partial charge in [-0.1, -0.05) is 36.2 Å². The van der Waals surface area contributed by atoms with Gasteiger partial charge in [0.1, 0.15) is 0 Å². The maximum atomic E-state index is 12.0. The van der Waals surface area contributed by atoms with Crippen LogP contribution >= 0.6 is 23.2 Å². The Kier molecular flexibility index (Phi) is 5.26. The van der Waals surface area contributed by atoms with Crippen LogP contribution in [0, 0.1) is 5.92 Å². The second-order valence-electron chi connectivity index (χ2n) is 3.80. The van der Waals surface area contributed by atoms with E-state index in [0.717, 1.165) is 12.8 Å². The van der Waals surface area contributed by atoms with Crippen molar-refractivity contribution in [2.24, 2.45) is 11.7 Å². The van der Waals surface area contributed by atoms with Crippen molar-refractivity contribution in [3.8, 4) is 0 Å². The second-order valence-corrected chi connectivity index (χ2v) is 4.58. The number of Topliss-reactive ketones (excluding diaryl/α,β-unsaturated/α-hetero) is 1. The van der Waals surface area contributed by atoms with Crippen LogP contribution < -0.4 is 5.73 Å². The van der Waals surface area contributed by atoms with Gasteiger partial charge >= 0.3 is 0 Å². The van der Waals surface area contributed by atoms with Crippen LogP contribution in [0.1, 0.15) is 30.1 Å². The molecule has 88 valence electrons. The van der Waals surface area contributed by atoms with E-state index in [9.17, 15) is 4.79 Å². The Labute approximate surface area is 106 Å². The van der Waals surface area contributed by atoms with Crippen LogP contribution in [0.4, 0.5) is 0 Å². The zero-order valence-electron chi connectivity index (χ0n) is 9.17. The molecule has 0 aliphatic heterocycles. The highest BCUT2D eigenvalue weighted by molar-refractivity contribution is 6.43. The third kappa shape index (κ3) is 3.21. The molecule has 0 aliphatic rings. The van der Waals surface area contributed by atoms with E-state index in [4.69, 9.17) is 28.9 Å². The van der Waals surface area contributed by atoms with Crippen LogP contribution in [0.25, 0.3) is 0 Å². The minimum atomic E-state index is -0.0699. The van der Waals surface area contributed by atoms with Crippen molar-refractivity contribution in [3.05, 3.63) is 33.8 Å². The number of ketones is 1. The first kappa shape index (κ1) is 13.5. The lowest BCUT2D eigenvalue weighted by molar-refractivity contribution is 0.0923. The van der Waals surface area contributed by atoms with E-state index in [2.05, 4.69) is 0 Å².